The molecule has 1 aliphatic carbocycles. The number of rotatable bonds is 5. The Hall–Kier alpha value is -0.570. The summed E-state index contributed by atoms with van der Waals surface area (Å²) in [6, 6.07) is 0.355. The molecule has 3 heteroatoms. The van der Waals surface area contributed by atoms with Crippen molar-refractivity contribution in [3.8, 4) is 0 Å². The van der Waals surface area contributed by atoms with E-state index < -0.39 is 0 Å². The van der Waals surface area contributed by atoms with Gasteiger partial charge in [-0.05, 0) is 37.5 Å². The van der Waals surface area contributed by atoms with Crippen LogP contribution < -0.4 is 5.32 Å². The molecule has 0 radical (unpaired) electrons. The first-order valence-corrected chi connectivity index (χ1v) is 7.42. The van der Waals surface area contributed by atoms with Gasteiger partial charge in [0.1, 0.15) is 6.04 Å². The molecule has 0 bridgehead atoms. The van der Waals surface area contributed by atoms with Crippen molar-refractivity contribution in [2.75, 3.05) is 7.11 Å². The van der Waals surface area contributed by atoms with Crippen molar-refractivity contribution >= 4 is 5.97 Å². The summed E-state index contributed by atoms with van der Waals surface area (Å²) in [5, 5.41) is 3.48. The lowest BCUT2D eigenvalue weighted by molar-refractivity contribution is -0.143. The number of esters is 1. The lowest BCUT2D eigenvalue weighted by Gasteiger charge is -2.23. The molecule has 3 nitrogen and oxygen atoms in total. The Morgan fingerprint density at radius 2 is 2.00 bits per heavy atom. The molecule has 3 atom stereocenters. The van der Waals surface area contributed by atoms with Crippen LogP contribution in [0.15, 0.2) is 0 Å². The molecule has 1 saturated carbocycles. The Kier molecular flexibility index (Phi) is 6.69. The van der Waals surface area contributed by atoms with Gasteiger partial charge in [0, 0.05) is 6.04 Å². The maximum Gasteiger partial charge on any atom is 0.322 e. The van der Waals surface area contributed by atoms with Gasteiger partial charge in [-0.1, -0.05) is 33.6 Å². The second-order valence-electron chi connectivity index (χ2n) is 5.86. The SMILES string of the molecule is CCC(NC1CCCC(C(C)C)CC1)C(=O)OC. The third-order valence-electron chi connectivity index (χ3n) is 4.29. The number of ether oxygens (including phenoxy) is 1. The molecule has 106 valence electrons. The molecule has 0 aliphatic heterocycles. The fraction of sp³-hybridized carbons (Fsp3) is 0.933. The van der Waals surface area contributed by atoms with E-state index in [0.29, 0.717) is 6.04 Å². The average molecular weight is 255 g/mol. The molecule has 1 aliphatic rings. The van der Waals surface area contributed by atoms with Gasteiger partial charge in [0.2, 0.25) is 0 Å². The first kappa shape index (κ1) is 15.5. The highest BCUT2D eigenvalue weighted by atomic mass is 16.5. The van der Waals surface area contributed by atoms with E-state index in [1.54, 1.807) is 0 Å². The first-order chi connectivity index (χ1) is 8.58. The molecule has 0 aromatic heterocycles. The van der Waals surface area contributed by atoms with Crippen molar-refractivity contribution in [2.24, 2.45) is 11.8 Å². The molecule has 0 aromatic rings. The van der Waals surface area contributed by atoms with Crippen LogP contribution in [-0.4, -0.2) is 25.2 Å². The van der Waals surface area contributed by atoms with Crippen LogP contribution in [0.3, 0.4) is 0 Å². The van der Waals surface area contributed by atoms with Gasteiger partial charge in [0.15, 0.2) is 0 Å². The lowest BCUT2D eigenvalue weighted by Crippen LogP contribution is -2.43. The average Bonchev–Trinajstić information content (AvgIpc) is 2.60. The molecule has 1 rings (SSSR count). The predicted molar refractivity (Wildman–Crippen MR) is 74.4 cm³/mol. The fourth-order valence-corrected chi connectivity index (χ4v) is 2.94. The number of methoxy groups -OCH3 is 1. The van der Waals surface area contributed by atoms with Crippen LogP contribution in [0, 0.1) is 11.8 Å². The van der Waals surface area contributed by atoms with Gasteiger partial charge in [0.05, 0.1) is 7.11 Å². The summed E-state index contributed by atoms with van der Waals surface area (Å²) in [4.78, 5) is 11.6. The summed E-state index contributed by atoms with van der Waals surface area (Å²) in [5.41, 5.74) is 0. The van der Waals surface area contributed by atoms with Crippen molar-refractivity contribution < 1.29 is 9.53 Å². The Labute approximate surface area is 112 Å². The zero-order chi connectivity index (χ0) is 13.5. The highest BCUT2D eigenvalue weighted by Crippen LogP contribution is 2.29. The Balaban J connectivity index is 2.45. The molecule has 1 fully saturated rings. The quantitative estimate of drug-likeness (QED) is 0.606. The molecular weight excluding hydrogens is 226 g/mol. The Bertz CT molecular complexity index is 253. The van der Waals surface area contributed by atoms with Crippen LogP contribution in [0.2, 0.25) is 0 Å². The molecule has 0 saturated heterocycles. The zero-order valence-corrected chi connectivity index (χ0v) is 12.4. The number of hydrogen-bond donors (Lipinski definition) is 1. The highest BCUT2D eigenvalue weighted by molar-refractivity contribution is 5.75. The van der Waals surface area contributed by atoms with Crippen molar-refractivity contribution in [1.29, 1.82) is 0 Å². The van der Waals surface area contributed by atoms with Gasteiger partial charge in [0.25, 0.3) is 0 Å². The largest absolute Gasteiger partial charge is 0.468 e. The molecule has 0 spiro atoms. The van der Waals surface area contributed by atoms with Crippen molar-refractivity contribution in [2.45, 2.75) is 71.4 Å². The molecular formula is C15H29NO2. The number of hydrogen-bond acceptors (Lipinski definition) is 3. The molecule has 18 heavy (non-hydrogen) atoms. The highest BCUT2D eigenvalue weighted by Gasteiger charge is 2.25. The molecule has 3 unspecified atom stereocenters. The van der Waals surface area contributed by atoms with E-state index in [2.05, 4.69) is 19.2 Å². The van der Waals surface area contributed by atoms with E-state index in [1.165, 1.54) is 39.2 Å². The summed E-state index contributed by atoms with van der Waals surface area (Å²) < 4.78 is 4.83. The first-order valence-electron chi connectivity index (χ1n) is 7.42. The number of carbonyl (C=O) groups is 1. The van der Waals surface area contributed by atoms with E-state index in [-0.39, 0.29) is 12.0 Å². The minimum absolute atomic E-state index is 0.123. The second kappa shape index (κ2) is 7.78. The van der Waals surface area contributed by atoms with Gasteiger partial charge in [-0.2, -0.15) is 0 Å². The zero-order valence-electron chi connectivity index (χ0n) is 12.4. The van der Waals surface area contributed by atoms with Crippen LogP contribution in [0.25, 0.3) is 0 Å². The summed E-state index contributed by atoms with van der Waals surface area (Å²) in [5.74, 6) is 1.52. The molecule has 0 heterocycles. The van der Waals surface area contributed by atoms with E-state index in [4.69, 9.17) is 4.74 Å². The fourth-order valence-electron chi connectivity index (χ4n) is 2.94. The van der Waals surface area contributed by atoms with Crippen molar-refractivity contribution in [3.05, 3.63) is 0 Å². The predicted octanol–water partition coefficient (Wildman–Crippen LogP) is 3.13. The van der Waals surface area contributed by atoms with Crippen LogP contribution in [0.1, 0.15) is 59.3 Å². The van der Waals surface area contributed by atoms with Crippen LogP contribution >= 0.6 is 0 Å². The van der Waals surface area contributed by atoms with Gasteiger partial charge in [-0.3, -0.25) is 4.79 Å². The number of carbonyl (C=O) groups excluding carboxylic acids is 1. The van der Waals surface area contributed by atoms with E-state index in [1.807, 2.05) is 6.92 Å². The maximum absolute atomic E-state index is 11.6. The normalized spacial score (nSPS) is 26.7. The van der Waals surface area contributed by atoms with Crippen LogP contribution in [-0.2, 0) is 9.53 Å². The van der Waals surface area contributed by atoms with Gasteiger partial charge >= 0.3 is 5.97 Å². The third-order valence-corrected chi connectivity index (χ3v) is 4.29. The van der Waals surface area contributed by atoms with Crippen molar-refractivity contribution in [3.63, 3.8) is 0 Å². The maximum atomic E-state index is 11.6. The van der Waals surface area contributed by atoms with E-state index >= 15 is 0 Å². The summed E-state index contributed by atoms with van der Waals surface area (Å²) in [7, 11) is 1.47. The molecule has 0 amide bonds. The minimum atomic E-state index is -0.129. The summed E-state index contributed by atoms with van der Waals surface area (Å²) in [6.07, 6.45) is 7.08. The monoisotopic (exact) mass is 255 g/mol. The van der Waals surface area contributed by atoms with Crippen LogP contribution in [0.5, 0.6) is 0 Å². The molecule has 0 aromatic carbocycles. The second-order valence-corrected chi connectivity index (χ2v) is 5.86. The third kappa shape index (κ3) is 4.60. The van der Waals surface area contributed by atoms with E-state index in [0.717, 1.165) is 18.3 Å². The standard InChI is InChI=1S/C15H29NO2/c1-5-14(15(17)18-4)16-13-8-6-7-12(9-10-13)11(2)3/h11-14,16H,5-10H2,1-4H3. The smallest absolute Gasteiger partial charge is 0.322 e. The van der Waals surface area contributed by atoms with Gasteiger partial charge < -0.3 is 10.1 Å². The van der Waals surface area contributed by atoms with Gasteiger partial charge in [-0.25, -0.2) is 0 Å². The number of nitrogens with one attached hydrogen (secondary N) is 1. The lowest BCUT2D eigenvalue weighted by atomic mass is 9.89. The molecule has 1 N–H and O–H groups in total. The Morgan fingerprint density at radius 1 is 1.28 bits per heavy atom. The van der Waals surface area contributed by atoms with E-state index in [9.17, 15) is 4.79 Å². The minimum Gasteiger partial charge on any atom is -0.468 e. The summed E-state index contributed by atoms with van der Waals surface area (Å²) in [6.45, 7) is 6.67. The topological polar surface area (TPSA) is 38.3 Å². The Morgan fingerprint density at radius 3 is 2.56 bits per heavy atom. The van der Waals surface area contributed by atoms with Gasteiger partial charge in [-0.15, -0.1) is 0 Å². The van der Waals surface area contributed by atoms with Crippen molar-refractivity contribution in [1.82, 2.24) is 5.32 Å². The van der Waals surface area contributed by atoms with Crippen LogP contribution in [0.4, 0.5) is 0 Å². The summed E-state index contributed by atoms with van der Waals surface area (Å²) >= 11 is 0.